The van der Waals surface area contributed by atoms with Crippen LogP contribution in [0.25, 0.3) is 0 Å². The summed E-state index contributed by atoms with van der Waals surface area (Å²) in [5.74, 6) is 0. The van der Waals surface area contributed by atoms with Crippen LogP contribution in [0.3, 0.4) is 0 Å². The van der Waals surface area contributed by atoms with Crippen molar-refractivity contribution >= 4 is 0 Å². The fraction of sp³-hybridized carbons (Fsp3) is 1.00. The topological polar surface area (TPSA) is 722 Å². The van der Waals surface area contributed by atoms with Crippen molar-refractivity contribution in [3.05, 3.63) is 0 Å². The summed E-state index contributed by atoms with van der Waals surface area (Å²) in [6, 6.07) is 0. The van der Waals surface area contributed by atoms with E-state index in [0.29, 0.717) is 0 Å². The Morgan fingerprint density at radius 2 is 0.539 bits per heavy atom. The molecule has 0 aromatic heterocycles. The Hall–Kier alpha value is -1.84. The lowest BCUT2D eigenvalue weighted by Crippen LogP contribution is -2.68. The molecule has 0 aromatic rings. The van der Waals surface area contributed by atoms with Crippen LogP contribution in [0, 0.1) is 0 Å². The van der Waals surface area contributed by atoms with E-state index in [2.05, 4.69) is 0 Å². The smallest absolute Gasteiger partial charge is 0.187 e. The molecule has 1 unspecified atom stereocenters. The molecule has 46 heteroatoms. The van der Waals surface area contributed by atoms with E-state index < -0.39 is 342 Å². The van der Waals surface area contributed by atoms with Crippen LogP contribution < -0.4 is 0 Å². The molecule has 10 rings (SSSR count). The van der Waals surface area contributed by atoms with Gasteiger partial charge in [0.25, 0.3) is 0 Å². The molecule has 27 N–H and O–H groups in total. The lowest BCUT2D eigenvalue weighted by atomic mass is 9.95. The minimum absolute atomic E-state index is 0.540. The first-order chi connectivity index (χ1) is 48.3. The Kier molecular flexibility index (Phi) is 28.7. The summed E-state index contributed by atoms with van der Waals surface area (Å²) in [4.78, 5) is 0. The van der Waals surface area contributed by atoms with Crippen LogP contribution in [-0.2, 0) is 90.0 Å². The van der Waals surface area contributed by atoms with Gasteiger partial charge in [-0.25, -0.2) is 0 Å². The first-order valence-electron chi connectivity index (χ1n) is 32.7. The molecule has 0 aromatic carbocycles. The molecule has 46 atom stereocenters. The molecule has 10 aliphatic rings. The second-order valence-corrected chi connectivity index (χ2v) is 26.3. The highest BCUT2D eigenvalue weighted by Crippen LogP contribution is 2.39. The second-order valence-electron chi connectivity index (χ2n) is 26.3. The van der Waals surface area contributed by atoms with E-state index in [1.807, 2.05) is 0 Å². The Morgan fingerprint density at radius 3 is 1.03 bits per heavy atom. The highest BCUT2D eigenvalue weighted by molar-refractivity contribution is 5.01. The van der Waals surface area contributed by atoms with Gasteiger partial charge < -0.3 is 228 Å². The van der Waals surface area contributed by atoms with E-state index in [-0.39, 0.29) is 0 Å². The molecular weight excluding hydrogens is 1410 g/mol. The van der Waals surface area contributed by atoms with E-state index >= 15 is 0 Å². The molecule has 0 amide bonds. The molecule has 10 aliphatic heterocycles. The van der Waals surface area contributed by atoms with E-state index in [4.69, 9.17) is 90.0 Å². The summed E-state index contributed by atoms with van der Waals surface area (Å²) in [7, 11) is 0. The number of hydrogen-bond donors (Lipinski definition) is 27. The van der Waals surface area contributed by atoms with Crippen LogP contribution in [0.2, 0.25) is 0 Å². The molecule has 594 valence electrons. The molecule has 46 nitrogen and oxygen atoms in total. The SMILES string of the molecule is C[C@@H]1O[C@@H](O[C@H]2[C@H](O[C@H]3[C@@H](OC[C@H]4O[C@@H](O[C@H]5[C@H](O)[C@@H](O)C(O)O[C@@H]5CO)[C@H](O)[C@@H](O)[C@@H]4O[C@@H]4O[C@H](CO[C@H]5OC[C@@H](O)[C@H](O)[C@H]5O[C@@H]5OC[C@@H](O)[C@H](O)[C@H]5O)[C@@H](O[C@@H]5O[C@H](CO[C@H]6OC[C@@H](O)[C@H](O)[C@H]6O)[C@@H](O)[C@H](O)[C@H]5O)[C@H](O)[C@H]4O)OC[C@@H](O)[C@@H]3O)O[C@H](CO)[C@H](O)[C@@H]2O)[C@@H](O)[C@H](O)[C@@H]1O. The predicted octanol–water partition coefficient (Wildman–Crippen LogP) is -19.2. The zero-order chi connectivity index (χ0) is 74.4. The lowest BCUT2D eigenvalue weighted by molar-refractivity contribution is -0.399. The van der Waals surface area contributed by atoms with E-state index in [1.54, 1.807) is 0 Å². The molecule has 10 heterocycles. The van der Waals surface area contributed by atoms with Crippen LogP contribution in [0.4, 0.5) is 0 Å². The maximum Gasteiger partial charge on any atom is 0.187 e. The third-order valence-corrected chi connectivity index (χ3v) is 19.2. The highest BCUT2D eigenvalue weighted by Gasteiger charge is 2.59. The van der Waals surface area contributed by atoms with Gasteiger partial charge in [-0.05, 0) is 6.92 Å². The van der Waals surface area contributed by atoms with Crippen molar-refractivity contribution in [2.45, 2.75) is 290 Å². The third kappa shape index (κ3) is 17.6. The summed E-state index contributed by atoms with van der Waals surface area (Å²) in [5.41, 5.74) is 0. The quantitative estimate of drug-likeness (QED) is 0.0452. The zero-order valence-electron chi connectivity index (χ0n) is 53.8. The van der Waals surface area contributed by atoms with Gasteiger partial charge in [-0.1, -0.05) is 0 Å². The number of hydrogen-bond acceptors (Lipinski definition) is 46. The number of rotatable bonds is 23. The van der Waals surface area contributed by atoms with Crippen molar-refractivity contribution in [2.75, 3.05) is 59.5 Å². The van der Waals surface area contributed by atoms with Gasteiger partial charge in [-0.15, -0.1) is 0 Å². The van der Waals surface area contributed by atoms with Gasteiger partial charge in [0, 0.05) is 0 Å². The lowest BCUT2D eigenvalue weighted by Gasteiger charge is -2.50. The van der Waals surface area contributed by atoms with Gasteiger partial charge in [0.1, 0.15) is 214 Å². The van der Waals surface area contributed by atoms with Crippen molar-refractivity contribution in [1.82, 2.24) is 0 Å². The molecule has 0 radical (unpaired) electrons. The van der Waals surface area contributed by atoms with Crippen molar-refractivity contribution < 1.29 is 228 Å². The normalized spacial score (nSPS) is 54.5. The van der Waals surface area contributed by atoms with Crippen LogP contribution in [0.15, 0.2) is 0 Å². The Morgan fingerprint density at radius 1 is 0.235 bits per heavy atom. The average molecular weight is 1500 g/mol. The minimum Gasteiger partial charge on any atom is -0.394 e. The summed E-state index contributed by atoms with van der Waals surface area (Å²) < 4.78 is 110. The van der Waals surface area contributed by atoms with E-state index in [1.165, 1.54) is 6.92 Å². The van der Waals surface area contributed by atoms with Gasteiger partial charge >= 0.3 is 0 Å². The summed E-state index contributed by atoms with van der Waals surface area (Å²) in [5, 5.41) is 294. The van der Waals surface area contributed by atoms with Crippen molar-refractivity contribution in [1.29, 1.82) is 0 Å². The number of aliphatic hydroxyl groups excluding tert-OH is 27. The van der Waals surface area contributed by atoms with E-state index in [0.717, 1.165) is 0 Å². The predicted molar refractivity (Wildman–Crippen MR) is 304 cm³/mol. The molecule has 0 saturated carbocycles. The largest absolute Gasteiger partial charge is 0.394 e. The standard InChI is InChI=1S/C56H94O46/c1-11-21(63)28(70)37(79)50(91-11)101-46-30(72)26(68)16(2-57)93-56(46)102-45-25(67)15(62)7-87-55(45)90-10-20-43(32(74)39(81)52(95-20)97-41-17(3-58)92-47(83)34(76)31(41)73)99-53-40(82)33(75)42(98-51-38(80)29(71)27(69)18(94-51)8-88-48-35(77)22(64)12(59)4-84-48)19(96-53)9-89-54-44(24(66)14(61)6-86-54)100-49-36(78)23(65)13(60)5-85-49/h11-83H,2-10H2,1H3/t11-,12+,13+,14+,15+,16+,17+,18+,19+,20+,21+,22-,23-,24-,25-,26-,27+,28+,29-,30-,31+,32+,33+,34+,35+,36+,37-,38+,39+,40+,41+,42+,43+,44+,45+,46+,47?,48+,49-,50-,51-,52-,53-,54+,55+,56-/m0/s1. The summed E-state index contributed by atoms with van der Waals surface area (Å²) in [6.45, 7) is -6.44. The van der Waals surface area contributed by atoms with Crippen LogP contribution in [0.5, 0.6) is 0 Å². The summed E-state index contributed by atoms with van der Waals surface area (Å²) >= 11 is 0. The van der Waals surface area contributed by atoms with Crippen molar-refractivity contribution in [2.24, 2.45) is 0 Å². The fourth-order valence-electron chi connectivity index (χ4n) is 12.9. The Bertz CT molecular complexity index is 2550. The molecule has 102 heavy (non-hydrogen) atoms. The second kappa shape index (κ2) is 35.5. The van der Waals surface area contributed by atoms with Gasteiger partial charge in [0.05, 0.1) is 65.6 Å². The average Bonchev–Trinajstić information content (AvgIpc) is 0.777. The molecule has 10 saturated heterocycles. The fourth-order valence-corrected chi connectivity index (χ4v) is 12.9. The highest BCUT2D eigenvalue weighted by atomic mass is 16.8. The van der Waals surface area contributed by atoms with E-state index in [9.17, 15) is 138 Å². The molecule has 0 spiro atoms. The number of ether oxygens (including phenoxy) is 19. The molecule has 0 bridgehead atoms. The number of aliphatic hydroxyl groups is 27. The Balaban J connectivity index is 0.939. The first-order valence-corrected chi connectivity index (χ1v) is 32.7. The maximum absolute atomic E-state index is 12.2. The molecule has 10 fully saturated rings. The minimum atomic E-state index is -2.50. The van der Waals surface area contributed by atoms with Gasteiger partial charge in [0.2, 0.25) is 0 Å². The zero-order valence-corrected chi connectivity index (χ0v) is 53.8. The Labute approximate surface area is 575 Å². The monoisotopic (exact) mass is 1500 g/mol. The van der Waals surface area contributed by atoms with Gasteiger partial charge in [-0.3, -0.25) is 0 Å². The molecular formula is C56H94O46. The van der Waals surface area contributed by atoms with Gasteiger partial charge in [-0.2, -0.15) is 0 Å². The maximum atomic E-state index is 12.2. The van der Waals surface area contributed by atoms with Crippen molar-refractivity contribution in [3.63, 3.8) is 0 Å². The van der Waals surface area contributed by atoms with Crippen LogP contribution in [-0.4, -0.2) is 480 Å². The summed E-state index contributed by atoms with van der Waals surface area (Å²) in [6.07, 6.45) is -92.1. The van der Waals surface area contributed by atoms with Crippen molar-refractivity contribution in [3.8, 4) is 0 Å². The molecule has 0 aliphatic carbocycles. The van der Waals surface area contributed by atoms with Crippen LogP contribution in [0.1, 0.15) is 6.92 Å². The van der Waals surface area contributed by atoms with Gasteiger partial charge in [0.15, 0.2) is 62.9 Å². The first kappa shape index (κ1) is 82.6. The third-order valence-electron chi connectivity index (χ3n) is 19.2. The van der Waals surface area contributed by atoms with Crippen LogP contribution >= 0.6 is 0 Å².